The van der Waals surface area contributed by atoms with E-state index < -0.39 is 35.7 Å². The molecule has 0 spiro atoms. The van der Waals surface area contributed by atoms with E-state index in [0.717, 1.165) is 38.5 Å². The van der Waals surface area contributed by atoms with Gasteiger partial charge in [0.05, 0.1) is 18.8 Å². The topological polar surface area (TPSA) is 101 Å². The molecule has 156 valence electrons. The summed E-state index contributed by atoms with van der Waals surface area (Å²) >= 11 is 0. The van der Waals surface area contributed by atoms with Crippen LogP contribution in [-0.2, 0) is 4.79 Å². The largest absolute Gasteiger partial charge is 0.480 e. The Morgan fingerprint density at radius 2 is 1.58 bits per heavy atom. The quantitative estimate of drug-likeness (QED) is 0.328. The molecule has 4 unspecified atom stereocenters. The number of likely N-dealkylation sites (N-methyl/N-ethyl adjacent to an activating group) is 1. The van der Waals surface area contributed by atoms with Gasteiger partial charge in [-0.1, -0.05) is 52.4 Å². The lowest BCUT2D eigenvalue weighted by molar-refractivity contribution is -0.175. The molecule has 26 heavy (non-hydrogen) atoms. The maximum Gasteiger partial charge on any atom is 0.324 e. The van der Waals surface area contributed by atoms with Crippen LogP contribution in [0.1, 0.15) is 78.6 Å². The fraction of sp³-hybridized carbons (Fsp3) is 0.950. The van der Waals surface area contributed by atoms with Crippen molar-refractivity contribution in [1.82, 2.24) is 4.90 Å². The number of aliphatic hydroxyl groups excluding tert-OH is 3. The van der Waals surface area contributed by atoms with Crippen LogP contribution >= 0.6 is 0 Å². The van der Waals surface area contributed by atoms with E-state index in [-0.39, 0.29) is 6.42 Å². The third-order valence-corrected chi connectivity index (χ3v) is 6.04. The number of aliphatic hydroxyl groups is 3. The molecule has 0 aromatic rings. The van der Waals surface area contributed by atoms with E-state index >= 15 is 0 Å². The second-order valence-corrected chi connectivity index (χ2v) is 7.94. The van der Waals surface area contributed by atoms with Gasteiger partial charge in [0.1, 0.15) is 5.54 Å². The van der Waals surface area contributed by atoms with E-state index in [4.69, 9.17) is 0 Å². The van der Waals surface area contributed by atoms with Gasteiger partial charge in [-0.25, -0.2) is 0 Å². The number of rotatable bonds is 15. The molecule has 6 heteroatoms. The van der Waals surface area contributed by atoms with Gasteiger partial charge in [0.2, 0.25) is 0 Å². The minimum Gasteiger partial charge on any atom is -0.480 e. The normalized spacial score (nSPS) is 19.0. The first-order chi connectivity index (χ1) is 12.1. The number of carboxylic acids is 1. The first-order valence-electron chi connectivity index (χ1n) is 10.0. The number of hydrogen-bond acceptors (Lipinski definition) is 5. The molecule has 0 amide bonds. The summed E-state index contributed by atoms with van der Waals surface area (Å²) in [4.78, 5) is 14.0. The van der Waals surface area contributed by atoms with Gasteiger partial charge >= 0.3 is 5.97 Å². The lowest BCUT2D eigenvalue weighted by atomic mass is 9.59. The van der Waals surface area contributed by atoms with Crippen LogP contribution in [0.5, 0.6) is 0 Å². The number of hydrogen-bond donors (Lipinski definition) is 4. The Kier molecular flexibility index (Phi) is 11.6. The lowest BCUT2D eigenvalue weighted by Crippen LogP contribution is -2.66. The van der Waals surface area contributed by atoms with Gasteiger partial charge in [-0.3, -0.25) is 9.69 Å². The van der Waals surface area contributed by atoms with Crippen LogP contribution in [0, 0.1) is 5.41 Å². The highest BCUT2D eigenvalue weighted by Gasteiger charge is 2.58. The Labute approximate surface area is 159 Å². The highest BCUT2D eigenvalue weighted by molar-refractivity contribution is 5.79. The Morgan fingerprint density at radius 3 is 2.00 bits per heavy atom. The van der Waals surface area contributed by atoms with Crippen LogP contribution in [0.4, 0.5) is 0 Å². The highest BCUT2D eigenvalue weighted by atomic mass is 16.4. The van der Waals surface area contributed by atoms with Crippen molar-refractivity contribution in [2.75, 3.05) is 20.7 Å². The standard InChI is InChI=1S/C20H41NO5/c1-6-8-10-12-17(24)20(13-11-9-7-2,14-16(23)15-22)19(3,18(25)26)21(4)5/h16-17,22-24H,6-15H2,1-5H3,(H,25,26). The summed E-state index contributed by atoms with van der Waals surface area (Å²) in [5, 5.41) is 40.9. The highest BCUT2D eigenvalue weighted by Crippen LogP contribution is 2.48. The van der Waals surface area contributed by atoms with Crippen molar-refractivity contribution >= 4 is 5.97 Å². The summed E-state index contributed by atoms with van der Waals surface area (Å²) in [7, 11) is 3.40. The van der Waals surface area contributed by atoms with Crippen molar-refractivity contribution in [3.8, 4) is 0 Å². The Balaban J connectivity index is 6.09. The first-order valence-corrected chi connectivity index (χ1v) is 10.0. The van der Waals surface area contributed by atoms with Gasteiger partial charge in [-0.05, 0) is 40.3 Å². The second kappa shape index (κ2) is 11.9. The van der Waals surface area contributed by atoms with Crippen molar-refractivity contribution in [3.63, 3.8) is 0 Å². The van der Waals surface area contributed by atoms with Gasteiger partial charge in [-0.2, -0.15) is 0 Å². The average Bonchev–Trinajstić information content (AvgIpc) is 2.59. The monoisotopic (exact) mass is 375 g/mol. The molecule has 0 saturated heterocycles. The zero-order chi connectivity index (χ0) is 20.4. The number of carbonyl (C=O) groups is 1. The smallest absolute Gasteiger partial charge is 0.324 e. The molecule has 4 atom stereocenters. The maximum absolute atomic E-state index is 12.3. The molecule has 0 aromatic heterocycles. The Morgan fingerprint density at radius 1 is 1.04 bits per heavy atom. The van der Waals surface area contributed by atoms with Crippen LogP contribution in [0.3, 0.4) is 0 Å². The van der Waals surface area contributed by atoms with Gasteiger partial charge < -0.3 is 20.4 Å². The third-order valence-electron chi connectivity index (χ3n) is 6.04. The summed E-state index contributed by atoms with van der Waals surface area (Å²) in [6, 6.07) is 0. The van der Waals surface area contributed by atoms with Crippen LogP contribution in [-0.4, -0.2) is 69.7 Å². The Bertz CT molecular complexity index is 404. The SMILES string of the molecule is CCCCCC(O)C(CCCCC)(CC(O)CO)C(C)(C(=O)O)N(C)C. The number of nitrogens with zero attached hydrogens (tertiary/aromatic N) is 1. The zero-order valence-corrected chi connectivity index (χ0v) is 17.4. The summed E-state index contributed by atoms with van der Waals surface area (Å²) in [5.74, 6) is -1.02. The predicted molar refractivity (Wildman–Crippen MR) is 104 cm³/mol. The third kappa shape index (κ3) is 5.91. The molecule has 0 saturated carbocycles. The molecule has 0 aliphatic heterocycles. The molecular formula is C20H41NO5. The molecule has 4 N–H and O–H groups in total. The Hall–Kier alpha value is -0.690. The minimum absolute atomic E-state index is 0.0570. The molecule has 0 radical (unpaired) electrons. The van der Waals surface area contributed by atoms with E-state index in [1.807, 2.05) is 0 Å². The van der Waals surface area contributed by atoms with E-state index in [1.54, 1.807) is 25.9 Å². The van der Waals surface area contributed by atoms with Crippen molar-refractivity contribution in [2.45, 2.75) is 96.3 Å². The van der Waals surface area contributed by atoms with Crippen molar-refractivity contribution in [3.05, 3.63) is 0 Å². The molecule has 0 aliphatic rings. The molecule has 0 aromatic carbocycles. The fourth-order valence-electron chi connectivity index (χ4n) is 4.06. The van der Waals surface area contributed by atoms with Gasteiger partial charge in [0, 0.05) is 5.41 Å². The molecule has 6 nitrogen and oxygen atoms in total. The maximum atomic E-state index is 12.3. The molecule has 0 aliphatic carbocycles. The average molecular weight is 376 g/mol. The summed E-state index contributed by atoms with van der Waals surface area (Å²) in [5.41, 5.74) is -2.41. The number of carboxylic acid groups (broad SMARTS) is 1. The second-order valence-electron chi connectivity index (χ2n) is 7.94. The summed E-state index contributed by atoms with van der Waals surface area (Å²) in [6.45, 7) is 5.34. The van der Waals surface area contributed by atoms with Crippen molar-refractivity contribution in [1.29, 1.82) is 0 Å². The molecular weight excluding hydrogens is 334 g/mol. The molecule has 0 heterocycles. The predicted octanol–water partition coefficient (Wildman–Crippen LogP) is 2.64. The van der Waals surface area contributed by atoms with Gasteiger partial charge in [0.25, 0.3) is 0 Å². The van der Waals surface area contributed by atoms with Crippen LogP contribution in [0.25, 0.3) is 0 Å². The first kappa shape index (κ1) is 25.3. The molecule has 0 rings (SSSR count). The van der Waals surface area contributed by atoms with Gasteiger partial charge in [-0.15, -0.1) is 0 Å². The van der Waals surface area contributed by atoms with E-state index in [2.05, 4.69) is 13.8 Å². The van der Waals surface area contributed by atoms with Gasteiger partial charge in [0.15, 0.2) is 0 Å². The van der Waals surface area contributed by atoms with E-state index in [1.165, 1.54) is 0 Å². The molecule has 0 bridgehead atoms. The van der Waals surface area contributed by atoms with Crippen LogP contribution in [0.15, 0.2) is 0 Å². The van der Waals surface area contributed by atoms with E-state index in [9.17, 15) is 25.2 Å². The van der Waals surface area contributed by atoms with Crippen molar-refractivity contribution < 1.29 is 25.2 Å². The molecule has 0 fully saturated rings. The summed E-state index contributed by atoms with van der Waals surface area (Å²) < 4.78 is 0. The summed E-state index contributed by atoms with van der Waals surface area (Å²) in [6.07, 6.45) is 4.60. The number of unbranched alkanes of at least 4 members (excludes halogenated alkanes) is 4. The van der Waals surface area contributed by atoms with E-state index in [0.29, 0.717) is 12.8 Å². The fourth-order valence-corrected chi connectivity index (χ4v) is 4.06. The van der Waals surface area contributed by atoms with Crippen LogP contribution in [0.2, 0.25) is 0 Å². The number of aliphatic carboxylic acids is 1. The minimum atomic E-state index is -1.36. The van der Waals surface area contributed by atoms with Crippen LogP contribution < -0.4 is 0 Å². The van der Waals surface area contributed by atoms with Crippen molar-refractivity contribution in [2.24, 2.45) is 5.41 Å². The lowest BCUT2D eigenvalue weighted by Gasteiger charge is -2.53. The zero-order valence-electron chi connectivity index (χ0n) is 17.4.